The van der Waals surface area contributed by atoms with Gasteiger partial charge in [-0.1, -0.05) is 0 Å². The van der Waals surface area contributed by atoms with E-state index >= 15 is 0 Å². The average Bonchev–Trinajstić information content (AvgIpc) is 2.63. The minimum absolute atomic E-state index is 0.122. The zero-order chi connectivity index (χ0) is 9.26. The van der Waals surface area contributed by atoms with E-state index in [1.165, 1.54) is 18.4 Å². The number of fused-ring (bicyclic) bond motifs is 1. The van der Waals surface area contributed by atoms with E-state index in [9.17, 15) is 4.79 Å². The number of carbonyl (C=O) groups excluding carboxylic acids is 1. The standard InChI is InChI=1S/C9H12N2O2/c1-13-9(12)4-6-2-7-5-10-11-8(7)3-6/h5-6H,2-4H2,1H3,(H,10,11). The van der Waals surface area contributed by atoms with Gasteiger partial charge >= 0.3 is 5.97 Å². The van der Waals surface area contributed by atoms with Crippen molar-refractivity contribution in [1.82, 2.24) is 10.2 Å². The summed E-state index contributed by atoms with van der Waals surface area (Å²) in [5.41, 5.74) is 2.42. The number of aromatic nitrogens is 2. The SMILES string of the molecule is COC(=O)CC1Cc2cn[nH]c2C1. The predicted octanol–water partition coefficient (Wildman–Crippen LogP) is 0.688. The van der Waals surface area contributed by atoms with Crippen molar-refractivity contribution in [3.8, 4) is 0 Å². The van der Waals surface area contributed by atoms with E-state index in [0.29, 0.717) is 12.3 Å². The summed E-state index contributed by atoms with van der Waals surface area (Å²) in [4.78, 5) is 11.0. The maximum absolute atomic E-state index is 11.0. The number of nitrogens with one attached hydrogen (secondary N) is 1. The second kappa shape index (κ2) is 3.20. The Bertz CT molecular complexity index is 299. The van der Waals surface area contributed by atoms with Gasteiger partial charge in [-0.25, -0.2) is 0 Å². The number of hydrogen-bond donors (Lipinski definition) is 1. The van der Waals surface area contributed by atoms with Gasteiger partial charge in [0, 0.05) is 12.1 Å². The zero-order valence-corrected chi connectivity index (χ0v) is 7.54. The molecule has 1 N–H and O–H groups in total. The summed E-state index contributed by atoms with van der Waals surface area (Å²) in [5.74, 6) is 0.278. The highest BCUT2D eigenvalue weighted by Gasteiger charge is 2.25. The van der Waals surface area contributed by atoms with Crippen LogP contribution in [0, 0.1) is 5.92 Å². The topological polar surface area (TPSA) is 55.0 Å². The van der Waals surface area contributed by atoms with Crippen LogP contribution in [0.15, 0.2) is 6.20 Å². The number of esters is 1. The minimum Gasteiger partial charge on any atom is -0.469 e. The fourth-order valence-corrected chi connectivity index (χ4v) is 1.83. The summed E-state index contributed by atoms with van der Waals surface area (Å²) in [5, 5.41) is 6.87. The maximum Gasteiger partial charge on any atom is 0.305 e. The Morgan fingerprint density at radius 3 is 3.31 bits per heavy atom. The Morgan fingerprint density at radius 2 is 2.62 bits per heavy atom. The normalized spacial score (nSPS) is 19.9. The van der Waals surface area contributed by atoms with Crippen molar-refractivity contribution in [2.45, 2.75) is 19.3 Å². The highest BCUT2D eigenvalue weighted by molar-refractivity contribution is 5.69. The fourth-order valence-electron chi connectivity index (χ4n) is 1.83. The molecule has 0 aromatic carbocycles. The summed E-state index contributed by atoms with van der Waals surface area (Å²) in [6, 6.07) is 0. The molecule has 1 aliphatic carbocycles. The van der Waals surface area contributed by atoms with Crippen molar-refractivity contribution >= 4 is 5.97 Å². The van der Waals surface area contributed by atoms with Gasteiger partial charge in [0.2, 0.25) is 0 Å². The molecule has 0 spiro atoms. The lowest BCUT2D eigenvalue weighted by atomic mass is 10.0. The van der Waals surface area contributed by atoms with Crippen molar-refractivity contribution in [3.63, 3.8) is 0 Å². The quantitative estimate of drug-likeness (QED) is 0.681. The first-order valence-corrected chi connectivity index (χ1v) is 4.37. The molecule has 1 atom stereocenters. The van der Waals surface area contributed by atoms with Gasteiger partial charge in [0.15, 0.2) is 0 Å². The fraction of sp³-hybridized carbons (Fsp3) is 0.556. The zero-order valence-electron chi connectivity index (χ0n) is 7.54. The molecular weight excluding hydrogens is 168 g/mol. The lowest BCUT2D eigenvalue weighted by Gasteiger charge is -2.05. The van der Waals surface area contributed by atoms with Crippen LogP contribution in [-0.4, -0.2) is 23.3 Å². The molecule has 0 saturated heterocycles. The smallest absolute Gasteiger partial charge is 0.305 e. The molecule has 1 heterocycles. The highest BCUT2D eigenvalue weighted by atomic mass is 16.5. The number of rotatable bonds is 2. The van der Waals surface area contributed by atoms with Gasteiger partial charge in [-0.15, -0.1) is 0 Å². The number of methoxy groups -OCH3 is 1. The van der Waals surface area contributed by atoms with E-state index in [2.05, 4.69) is 14.9 Å². The molecule has 1 aromatic rings. The van der Waals surface area contributed by atoms with E-state index in [-0.39, 0.29) is 5.97 Å². The lowest BCUT2D eigenvalue weighted by Crippen LogP contribution is -2.10. The molecule has 0 amide bonds. The molecule has 70 valence electrons. The van der Waals surface area contributed by atoms with Gasteiger partial charge < -0.3 is 4.74 Å². The molecule has 2 rings (SSSR count). The van der Waals surface area contributed by atoms with E-state index in [1.54, 1.807) is 0 Å². The van der Waals surface area contributed by atoms with Gasteiger partial charge in [-0.3, -0.25) is 9.89 Å². The summed E-state index contributed by atoms with van der Waals surface area (Å²) in [6.07, 6.45) is 4.22. The van der Waals surface area contributed by atoms with Crippen molar-refractivity contribution in [2.24, 2.45) is 5.92 Å². The first kappa shape index (κ1) is 8.29. The molecule has 1 aliphatic rings. The molecule has 4 nitrogen and oxygen atoms in total. The summed E-state index contributed by atoms with van der Waals surface area (Å²) < 4.78 is 4.62. The Labute approximate surface area is 76.3 Å². The Kier molecular flexibility index (Phi) is 2.04. The number of ether oxygens (including phenoxy) is 1. The third-order valence-corrected chi connectivity index (χ3v) is 2.49. The van der Waals surface area contributed by atoms with Crippen LogP contribution in [0.25, 0.3) is 0 Å². The Hall–Kier alpha value is -1.32. The van der Waals surface area contributed by atoms with Crippen molar-refractivity contribution in [1.29, 1.82) is 0 Å². The molecule has 0 radical (unpaired) electrons. The van der Waals surface area contributed by atoms with Crippen molar-refractivity contribution in [2.75, 3.05) is 7.11 Å². The van der Waals surface area contributed by atoms with Crippen LogP contribution >= 0.6 is 0 Å². The Balaban J connectivity index is 1.95. The molecule has 1 unspecified atom stereocenters. The predicted molar refractivity (Wildman–Crippen MR) is 46.1 cm³/mol. The van der Waals surface area contributed by atoms with Crippen molar-refractivity contribution in [3.05, 3.63) is 17.5 Å². The lowest BCUT2D eigenvalue weighted by molar-refractivity contribution is -0.141. The van der Waals surface area contributed by atoms with Gasteiger partial charge in [0.1, 0.15) is 0 Å². The second-order valence-electron chi connectivity index (χ2n) is 3.43. The summed E-state index contributed by atoms with van der Waals surface area (Å²) in [7, 11) is 1.43. The first-order chi connectivity index (χ1) is 6.29. The van der Waals surface area contributed by atoms with Crippen LogP contribution in [-0.2, 0) is 22.4 Å². The second-order valence-corrected chi connectivity index (χ2v) is 3.43. The van der Waals surface area contributed by atoms with Gasteiger partial charge in [0.25, 0.3) is 0 Å². The number of hydrogen-bond acceptors (Lipinski definition) is 3. The maximum atomic E-state index is 11.0. The molecule has 0 saturated carbocycles. The molecule has 4 heteroatoms. The highest BCUT2D eigenvalue weighted by Crippen LogP contribution is 2.26. The molecule has 0 fully saturated rings. The summed E-state index contributed by atoms with van der Waals surface area (Å²) >= 11 is 0. The van der Waals surface area contributed by atoms with E-state index in [4.69, 9.17) is 0 Å². The van der Waals surface area contributed by atoms with Crippen LogP contribution in [0.5, 0.6) is 0 Å². The van der Waals surface area contributed by atoms with Gasteiger partial charge in [-0.2, -0.15) is 5.10 Å². The molecule has 0 aliphatic heterocycles. The molecule has 1 aromatic heterocycles. The monoisotopic (exact) mass is 180 g/mol. The van der Waals surface area contributed by atoms with Crippen LogP contribution in [0.2, 0.25) is 0 Å². The van der Waals surface area contributed by atoms with Crippen LogP contribution in [0.4, 0.5) is 0 Å². The number of H-pyrrole nitrogens is 1. The van der Waals surface area contributed by atoms with Crippen molar-refractivity contribution < 1.29 is 9.53 Å². The van der Waals surface area contributed by atoms with E-state index < -0.39 is 0 Å². The van der Waals surface area contributed by atoms with Gasteiger partial charge in [-0.05, 0) is 24.3 Å². The molecule has 0 bridgehead atoms. The number of carbonyl (C=O) groups is 1. The van der Waals surface area contributed by atoms with E-state index in [1.807, 2.05) is 6.20 Å². The largest absolute Gasteiger partial charge is 0.469 e. The molecular formula is C9H12N2O2. The first-order valence-electron chi connectivity index (χ1n) is 4.37. The van der Waals surface area contributed by atoms with Crippen LogP contribution < -0.4 is 0 Å². The van der Waals surface area contributed by atoms with Crippen LogP contribution in [0.1, 0.15) is 17.7 Å². The minimum atomic E-state index is -0.122. The van der Waals surface area contributed by atoms with Crippen LogP contribution in [0.3, 0.4) is 0 Å². The number of aromatic amines is 1. The van der Waals surface area contributed by atoms with Gasteiger partial charge in [0.05, 0.1) is 13.3 Å². The number of nitrogens with zero attached hydrogens (tertiary/aromatic N) is 1. The van der Waals surface area contributed by atoms with E-state index in [0.717, 1.165) is 12.8 Å². The molecule has 13 heavy (non-hydrogen) atoms. The summed E-state index contributed by atoms with van der Waals surface area (Å²) in [6.45, 7) is 0. The Morgan fingerprint density at radius 1 is 1.77 bits per heavy atom. The average molecular weight is 180 g/mol. The third-order valence-electron chi connectivity index (χ3n) is 2.49. The third kappa shape index (κ3) is 1.56.